The van der Waals surface area contributed by atoms with Gasteiger partial charge in [-0.15, -0.1) is 0 Å². The van der Waals surface area contributed by atoms with Gasteiger partial charge < -0.3 is 20.2 Å². The van der Waals surface area contributed by atoms with Crippen LogP contribution in [0.2, 0.25) is 0 Å². The maximum Gasteiger partial charge on any atom is 0.120 e. The average molecular weight is 443 g/mol. The first-order valence-corrected chi connectivity index (χ1v) is 12.0. The van der Waals surface area contributed by atoms with E-state index in [9.17, 15) is 0 Å². The molecule has 0 saturated carbocycles. The van der Waals surface area contributed by atoms with Crippen molar-refractivity contribution in [1.82, 2.24) is 4.98 Å². The zero-order chi connectivity index (χ0) is 22.9. The number of hydrogen-bond donors (Lipinski definition) is 2. The predicted octanol–water partition coefficient (Wildman–Crippen LogP) is 6.87. The van der Waals surface area contributed by atoms with E-state index < -0.39 is 0 Å². The molecule has 4 nitrogen and oxygen atoms in total. The minimum Gasteiger partial charge on any atom is -0.494 e. The fourth-order valence-electron chi connectivity index (χ4n) is 4.06. The van der Waals surface area contributed by atoms with E-state index in [1.807, 2.05) is 24.3 Å². The summed E-state index contributed by atoms with van der Waals surface area (Å²) in [7, 11) is 0. The summed E-state index contributed by atoms with van der Waals surface area (Å²) in [5.41, 5.74) is 11.7. The van der Waals surface area contributed by atoms with Crippen LogP contribution in [0.1, 0.15) is 43.7 Å². The van der Waals surface area contributed by atoms with Crippen molar-refractivity contribution >= 4 is 10.9 Å². The predicted molar refractivity (Wildman–Crippen MR) is 137 cm³/mol. The van der Waals surface area contributed by atoms with Crippen molar-refractivity contribution in [2.45, 2.75) is 45.6 Å². The van der Waals surface area contributed by atoms with Gasteiger partial charge in [0.25, 0.3) is 0 Å². The third kappa shape index (κ3) is 5.96. The Morgan fingerprint density at radius 3 is 2.36 bits per heavy atom. The van der Waals surface area contributed by atoms with E-state index in [-0.39, 0.29) is 0 Å². The number of hydrogen-bond acceptors (Lipinski definition) is 3. The lowest BCUT2D eigenvalue weighted by Crippen LogP contribution is -1.99. The quantitative estimate of drug-likeness (QED) is 0.235. The summed E-state index contributed by atoms with van der Waals surface area (Å²) in [6.45, 7) is 4.21. The number of aromatic amines is 1. The van der Waals surface area contributed by atoms with Gasteiger partial charge in [0.15, 0.2) is 0 Å². The standard InChI is InChI=1S/C29H34N2O2/c1-2-3-19-32-24-14-12-23(13-15-24)29-26(11-7-8-18-30)27-20-25(16-17-28(27)31-29)33-21-22-9-5-4-6-10-22/h4-6,9-10,12-17,20,31H,2-3,7-8,11,18-19,21,30H2,1H3. The number of aromatic nitrogens is 1. The van der Waals surface area contributed by atoms with Crippen LogP contribution in [0, 0.1) is 0 Å². The molecule has 4 rings (SSSR count). The number of nitrogens with one attached hydrogen (secondary N) is 1. The van der Waals surface area contributed by atoms with Crippen molar-refractivity contribution in [3.05, 3.63) is 83.9 Å². The third-order valence-corrected chi connectivity index (χ3v) is 5.92. The molecule has 0 aliphatic rings. The van der Waals surface area contributed by atoms with Crippen LogP contribution in [0.4, 0.5) is 0 Å². The number of H-pyrrole nitrogens is 1. The molecular weight excluding hydrogens is 408 g/mol. The Balaban J connectivity index is 1.60. The van der Waals surface area contributed by atoms with Crippen LogP contribution in [0.25, 0.3) is 22.2 Å². The number of unbranched alkanes of at least 4 members (excludes halogenated alkanes) is 2. The van der Waals surface area contributed by atoms with Gasteiger partial charge in [-0.05, 0) is 91.4 Å². The Morgan fingerprint density at radius 2 is 1.61 bits per heavy atom. The van der Waals surface area contributed by atoms with Gasteiger partial charge >= 0.3 is 0 Å². The van der Waals surface area contributed by atoms with Crippen LogP contribution in [-0.4, -0.2) is 18.1 Å². The molecule has 0 bridgehead atoms. The molecule has 0 saturated heterocycles. The van der Waals surface area contributed by atoms with E-state index in [2.05, 4.69) is 60.4 Å². The molecule has 1 aromatic heterocycles. The molecule has 172 valence electrons. The molecule has 3 aromatic carbocycles. The molecule has 4 heteroatoms. The molecular formula is C29H34N2O2. The smallest absolute Gasteiger partial charge is 0.120 e. The summed E-state index contributed by atoms with van der Waals surface area (Å²) in [6, 6.07) is 25.0. The van der Waals surface area contributed by atoms with Crippen molar-refractivity contribution < 1.29 is 9.47 Å². The molecule has 0 unspecified atom stereocenters. The molecule has 0 spiro atoms. The molecule has 0 radical (unpaired) electrons. The van der Waals surface area contributed by atoms with Crippen LogP contribution >= 0.6 is 0 Å². The number of aryl methyl sites for hydroxylation is 1. The fraction of sp³-hybridized carbons (Fsp3) is 0.310. The zero-order valence-electron chi connectivity index (χ0n) is 19.5. The van der Waals surface area contributed by atoms with Gasteiger partial charge in [0.2, 0.25) is 0 Å². The maximum atomic E-state index is 6.11. The zero-order valence-corrected chi connectivity index (χ0v) is 19.5. The summed E-state index contributed by atoms with van der Waals surface area (Å²) in [5, 5.41) is 1.22. The summed E-state index contributed by atoms with van der Waals surface area (Å²) < 4.78 is 12.0. The van der Waals surface area contributed by atoms with Crippen molar-refractivity contribution in [1.29, 1.82) is 0 Å². The fourth-order valence-corrected chi connectivity index (χ4v) is 4.06. The van der Waals surface area contributed by atoms with Crippen LogP contribution in [-0.2, 0) is 13.0 Å². The van der Waals surface area contributed by atoms with Crippen LogP contribution < -0.4 is 15.2 Å². The Hall–Kier alpha value is -3.24. The lowest BCUT2D eigenvalue weighted by Gasteiger charge is -2.09. The van der Waals surface area contributed by atoms with Crippen molar-refractivity contribution in [2.75, 3.05) is 13.2 Å². The molecule has 0 amide bonds. The highest BCUT2D eigenvalue weighted by molar-refractivity contribution is 5.91. The average Bonchev–Trinajstić information content (AvgIpc) is 3.22. The summed E-state index contributed by atoms with van der Waals surface area (Å²) in [4.78, 5) is 3.65. The van der Waals surface area contributed by atoms with Crippen molar-refractivity contribution in [3.63, 3.8) is 0 Å². The van der Waals surface area contributed by atoms with Gasteiger partial charge in [0.1, 0.15) is 18.1 Å². The van der Waals surface area contributed by atoms with Gasteiger partial charge in [-0.1, -0.05) is 43.7 Å². The molecule has 0 atom stereocenters. The number of rotatable bonds is 12. The number of benzene rings is 3. The second-order valence-electron chi connectivity index (χ2n) is 8.43. The highest BCUT2D eigenvalue weighted by atomic mass is 16.5. The topological polar surface area (TPSA) is 60.3 Å². The van der Waals surface area contributed by atoms with Crippen molar-refractivity contribution in [2.24, 2.45) is 5.73 Å². The summed E-state index contributed by atoms with van der Waals surface area (Å²) >= 11 is 0. The van der Waals surface area contributed by atoms with Crippen LogP contribution in [0.5, 0.6) is 11.5 Å². The molecule has 0 aliphatic heterocycles. The molecule has 4 aromatic rings. The first kappa shape index (κ1) is 22.9. The van der Waals surface area contributed by atoms with Gasteiger partial charge in [0, 0.05) is 16.6 Å². The molecule has 3 N–H and O–H groups in total. The lowest BCUT2D eigenvalue weighted by molar-refractivity contribution is 0.306. The monoisotopic (exact) mass is 442 g/mol. The number of ether oxygens (including phenoxy) is 2. The van der Waals surface area contributed by atoms with E-state index in [1.165, 1.54) is 22.2 Å². The minimum absolute atomic E-state index is 0.561. The van der Waals surface area contributed by atoms with E-state index in [0.29, 0.717) is 13.2 Å². The highest BCUT2D eigenvalue weighted by Crippen LogP contribution is 2.34. The van der Waals surface area contributed by atoms with E-state index >= 15 is 0 Å². The number of nitrogens with two attached hydrogens (primary N) is 1. The molecule has 0 aliphatic carbocycles. The normalized spacial score (nSPS) is 11.1. The van der Waals surface area contributed by atoms with E-state index in [0.717, 1.165) is 61.3 Å². The molecule has 1 heterocycles. The van der Waals surface area contributed by atoms with Gasteiger partial charge in [-0.2, -0.15) is 0 Å². The van der Waals surface area contributed by atoms with Gasteiger partial charge in [-0.3, -0.25) is 0 Å². The largest absolute Gasteiger partial charge is 0.494 e. The Bertz CT molecular complexity index is 1130. The van der Waals surface area contributed by atoms with Crippen LogP contribution in [0.15, 0.2) is 72.8 Å². The Labute approximate surface area is 196 Å². The van der Waals surface area contributed by atoms with E-state index in [4.69, 9.17) is 15.2 Å². The first-order valence-electron chi connectivity index (χ1n) is 12.0. The Kier molecular flexibility index (Phi) is 8.04. The maximum absolute atomic E-state index is 6.11. The first-order chi connectivity index (χ1) is 16.3. The second kappa shape index (κ2) is 11.6. The third-order valence-electron chi connectivity index (χ3n) is 5.92. The second-order valence-corrected chi connectivity index (χ2v) is 8.43. The van der Waals surface area contributed by atoms with Gasteiger partial charge in [0.05, 0.1) is 6.61 Å². The molecule has 0 fully saturated rings. The van der Waals surface area contributed by atoms with Gasteiger partial charge in [-0.25, -0.2) is 0 Å². The van der Waals surface area contributed by atoms with Crippen molar-refractivity contribution in [3.8, 4) is 22.8 Å². The lowest BCUT2D eigenvalue weighted by atomic mass is 10.00. The highest BCUT2D eigenvalue weighted by Gasteiger charge is 2.14. The SMILES string of the molecule is CCCCOc1ccc(-c2[nH]c3ccc(OCc4ccccc4)cc3c2CCCCN)cc1. The Morgan fingerprint density at radius 1 is 0.818 bits per heavy atom. The molecule has 33 heavy (non-hydrogen) atoms. The minimum atomic E-state index is 0.561. The van der Waals surface area contributed by atoms with E-state index in [1.54, 1.807) is 0 Å². The summed E-state index contributed by atoms with van der Waals surface area (Å²) in [5.74, 6) is 1.81. The van der Waals surface area contributed by atoms with Crippen LogP contribution in [0.3, 0.4) is 0 Å². The number of fused-ring (bicyclic) bond motifs is 1. The summed E-state index contributed by atoms with van der Waals surface area (Å²) in [6.07, 6.45) is 5.26.